The quantitative estimate of drug-likeness (QED) is 0.555. The standard InChI is InChI=1S/C24H36O6Si/c1-24(2,3)31(4,5)30-22-20-18(13-9-12-17(14-25)27-20)28-19-15-26-23(29-21(19)22)16-10-7-6-8-11-16/h6-12,17-23,25H,13-15H2,1-5H3/t17-,18+,19-,20+,21-,22-,23-/m1/s1. The van der Waals surface area contributed by atoms with Crippen LogP contribution in [0.1, 0.15) is 39.0 Å². The van der Waals surface area contributed by atoms with E-state index in [1.807, 2.05) is 42.5 Å². The highest BCUT2D eigenvalue weighted by molar-refractivity contribution is 6.74. The van der Waals surface area contributed by atoms with Crippen LogP contribution in [0.15, 0.2) is 42.5 Å². The Labute approximate surface area is 186 Å². The molecule has 0 aliphatic carbocycles. The third kappa shape index (κ3) is 4.83. The van der Waals surface area contributed by atoms with Crippen LogP contribution in [0.3, 0.4) is 0 Å². The zero-order valence-corrected chi connectivity index (χ0v) is 20.2. The number of rotatable bonds is 4. The molecule has 7 atom stereocenters. The van der Waals surface area contributed by atoms with Gasteiger partial charge in [0.2, 0.25) is 0 Å². The molecular weight excluding hydrogens is 412 g/mol. The summed E-state index contributed by atoms with van der Waals surface area (Å²) in [6.07, 6.45) is 2.51. The molecule has 1 aromatic carbocycles. The lowest BCUT2D eigenvalue weighted by molar-refractivity contribution is -0.331. The Morgan fingerprint density at radius 2 is 1.74 bits per heavy atom. The molecule has 2 saturated heterocycles. The second-order valence-electron chi connectivity index (χ2n) is 10.2. The summed E-state index contributed by atoms with van der Waals surface area (Å²) in [4.78, 5) is 0. The Kier molecular flexibility index (Phi) is 6.75. The number of fused-ring (bicyclic) bond motifs is 2. The van der Waals surface area contributed by atoms with Crippen molar-refractivity contribution in [2.24, 2.45) is 0 Å². The van der Waals surface area contributed by atoms with Crippen molar-refractivity contribution in [1.29, 1.82) is 0 Å². The lowest BCUT2D eigenvalue weighted by atomic mass is 9.92. The summed E-state index contributed by atoms with van der Waals surface area (Å²) in [5.41, 5.74) is 0.978. The smallest absolute Gasteiger partial charge is 0.192 e. The Morgan fingerprint density at radius 1 is 1.03 bits per heavy atom. The molecule has 1 aromatic rings. The number of hydrogen-bond donors (Lipinski definition) is 1. The van der Waals surface area contributed by atoms with Crippen molar-refractivity contribution in [2.75, 3.05) is 13.2 Å². The monoisotopic (exact) mass is 448 g/mol. The molecule has 3 aliphatic rings. The fourth-order valence-corrected chi connectivity index (χ4v) is 5.46. The predicted molar refractivity (Wildman–Crippen MR) is 120 cm³/mol. The van der Waals surface area contributed by atoms with Crippen LogP contribution in [0, 0.1) is 0 Å². The summed E-state index contributed by atoms with van der Waals surface area (Å²) in [7, 11) is -2.13. The lowest BCUT2D eigenvalue weighted by Gasteiger charge is -2.52. The van der Waals surface area contributed by atoms with Crippen molar-refractivity contribution >= 4 is 8.32 Å². The van der Waals surface area contributed by atoms with Crippen LogP contribution in [-0.4, -0.2) is 63.3 Å². The molecule has 1 N–H and O–H groups in total. The number of ether oxygens (including phenoxy) is 4. The SMILES string of the molecule is CC(C)(C)[Si](C)(C)O[C@@H]1[C@H]2O[C@@H](CO)C=CC[C@@H]2O[C@@H]2CO[C@@H](c3ccccc3)O[C@@H]12. The molecule has 2 fully saturated rings. The van der Waals surface area contributed by atoms with Crippen LogP contribution in [0.5, 0.6) is 0 Å². The van der Waals surface area contributed by atoms with E-state index in [4.69, 9.17) is 23.4 Å². The summed E-state index contributed by atoms with van der Waals surface area (Å²) in [6.45, 7) is 11.6. The van der Waals surface area contributed by atoms with E-state index in [0.717, 1.165) is 5.56 Å². The molecule has 0 radical (unpaired) electrons. The maximum absolute atomic E-state index is 9.78. The Balaban J connectivity index is 1.65. The first-order valence-corrected chi connectivity index (χ1v) is 14.2. The summed E-state index contributed by atoms with van der Waals surface area (Å²) < 4.78 is 32.2. The zero-order chi connectivity index (χ0) is 22.2. The predicted octanol–water partition coefficient (Wildman–Crippen LogP) is 3.96. The van der Waals surface area contributed by atoms with Gasteiger partial charge in [0.25, 0.3) is 0 Å². The second kappa shape index (κ2) is 9.06. The maximum atomic E-state index is 9.78. The third-order valence-corrected chi connectivity index (χ3v) is 11.4. The molecule has 7 heteroatoms. The summed E-state index contributed by atoms with van der Waals surface area (Å²) in [6, 6.07) is 9.96. The van der Waals surface area contributed by atoms with Crippen molar-refractivity contribution in [1.82, 2.24) is 0 Å². The van der Waals surface area contributed by atoms with Crippen LogP contribution < -0.4 is 0 Å². The van der Waals surface area contributed by atoms with Gasteiger partial charge in [0, 0.05) is 5.56 Å². The van der Waals surface area contributed by atoms with Crippen molar-refractivity contribution in [3.63, 3.8) is 0 Å². The molecule has 172 valence electrons. The first kappa shape index (κ1) is 23.1. The molecule has 0 unspecified atom stereocenters. The van der Waals surface area contributed by atoms with Gasteiger partial charge in [-0.15, -0.1) is 0 Å². The van der Waals surface area contributed by atoms with Gasteiger partial charge in [-0.2, -0.15) is 0 Å². The Hall–Kier alpha value is -1.06. The number of aliphatic hydroxyl groups is 1. The van der Waals surface area contributed by atoms with Gasteiger partial charge in [0.1, 0.15) is 24.4 Å². The van der Waals surface area contributed by atoms with Crippen molar-refractivity contribution in [2.45, 2.75) is 88.2 Å². The number of benzene rings is 1. The molecule has 0 aromatic heterocycles. The van der Waals surface area contributed by atoms with Crippen LogP contribution in [0.2, 0.25) is 18.1 Å². The molecule has 3 aliphatic heterocycles. The van der Waals surface area contributed by atoms with E-state index < -0.39 is 14.6 Å². The summed E-state index contributed by atoms with van der Waals surface area (Å²) >= 11 is 0. The highest BCUT2D eigenvalue weighted by Crippen LogP contribution is 2.43. The van der Waals surface area contributed by atoms with Crippen molar-refractivity contribution < 1.29 is 28.5 Å². The van der Waals surface area contributed by atoms with Crippen LogP contribution in [0.25, 0.3) is 0 Å². The van der Waals surface area contributed by atoms with E-state index >= 15 is 0 Å². The maximum Gasteiger partial charge on any atom is 0.192 e. The normalized spacial score (nSPS) is 36.4. The van der Waals surface area contributed by atoms with Crippen molar-refractivity contribution in [3.05, 3.63) is 48.0 Å². The van der Waals surface area contributed by atoms with Gasteiger partial charge >= 0.3 is 0 Å². The molecule has 6 nitrogen and oxygen atoms in total. The third-order valence-electron chi connectivity index (χ3n) is 6.96. The molecule has 0 saturated carbocycles. The van der Waals surface area contributed by atoms with Crippen LogP contribution in [-0.2, 0) is 23.4 Å². The summed E-state index contributed by atoms with van der Waals surface area (Å²) in [5, 5.41) is 9.82. The van der Waals surface area contributed by atoms with E-state index in [2.05, 4.69) is 33.9 Å². The fourth-order valence-electron chi connectivity index (χ4n) is 4.16. The minimum Gasteiger partial charge on any atom is -0.408 e. The highest BCUT2D eigenvalue weighted by Gasteiger charge is 2.54. The molecular formula is C24H36O6Si. The van der Waals surface area contributed by atoms with Crippen molar-refractivity contribution in [3.8, 4) is 0 Å². The van der Waals surface area contributed by atoms with E-state index in [-0.39, 0.29) is 48.3 Å². The average molecular weight is 449 g/mol. The molecule has 3 heterocycles. The van der Waals surface area contributed by atoms with Gasteiger partial charge < -0.3 is 28.5 Å². The molecule has 4 rings (SSSR count). The van der Waals surface area contributed by atoms with Gasteiger partial charge in [0.05, 0.1) is 25.4 Å². The minimum absolute atomic E-state index is 0.0413. The van der Waals surface area contributed by atoms with Gasteiger partial charge in [0.15, 0.2) is 14.6 Å². The largest absolute Gasteiger partial charge is 0.408 e. The molecule has 31 heavy (non-hydrogen) atoms. The van der Waals surface area contributed by atoms with Gasteiger partial charge in [-0.05, 0) is 24.6 Å². The lowest BCUT2D eigenvalue weighted by Crippen LogP contribution is -2.65. The van der Waals surface area contributed by atoms with E-state index in [9.17, 15) is 5.11 Å². The molecule has 0 amide bonds. The fraction of sp³-hybridized carbons (Fsp3) is 0.667. The zero-order valence-electron chi connectivity index (χ0n) is 19.2. The molecule has 0 bridgehead atoms. The van der Waals surface area contributed by atoms with E-state index in [1.54, 1.807) is 0 Å². The second-order valence-corrected chi connectivity index (χ2v) is 15.0. The Morgan fingerprint density at radius 3 is 2.42 bits per heavy atom. The summed E-state index contributed by atoms with van der Waals surface area (Å²) in [5.74, 6) is 0. The van der Waals surface area contributed by atoms with Gasteiger partial charge in [-0.25, -0.2) is 0 Å². The number of aliphatic hydroxyl groups excluding tert-OH is 1. The molecule has 0 spiro atoms. The first-order valence-electron chi connectivity index (χ1n) is 11.3. The van der Waals surface area contributed by atoms with E-state index in [1.165, 1.54) is 0 Å². The number of hydrogen-bond acceptors (Lipinski definition) is 6. The van der Waals surface area contributed by atoms with Gasteiger partial charge in [-0.3, -0.25) is 0 Å². The Bertz CT molecular complexity index is 761. The average Bonchev–Trinajstić information content (AvgIpc) is 2.95. The first-order chi connectivity index (χ1) is 14.7. The van der Waals surface area contributed by atoms with Crippen LogP contribution >= 0.6 is 0 Å². The topological polar surface area (TPSA) is 66.4 Å². The van der Waals surface area contributed by atoms with Gasteiger partial charge in [-0.1, -0.05) is 63.3 Å². The highest BCUT2D eigenvalue weighted by atomic mass is 28.4. The van der Waals surface area contributed by atoms with E-state index in [0.29, 0.717) is 13.0 Å². The minimum atomic E-state index is -2.13. The van der Waals surface area contributed by atoms with Crippen LogP contribution in [0.4, 0.5) is 0 Å².